The van der Waals surface area contributed by atoms with Gasteiger partial charge in [-0.2, -0.15) is 0 Å². The van der Waals surface area contributed by atoms with Crippen LogP contribution in [-0.4, -0.2) is 57.3 Å². The van der Waals surface area contributed by atoms with Gasteiger partial charge in [0.15, 0.2) is 18.5 Å². The van der Waals surface area contributed by atoms with Gasteiger partial charge in [-0.1, -0.05) is 22.6 Å². The zero-order chi connectivity index (χ0) is 18.9. The van der Waals surface area contributed by atoms with E-state index in [4.69, 9.17) is 14.2 Å². The molecule has 1 aliphatic rings. The van der Waals surface area contributed by atoms with E-state index in [1.54, 1.807) is 41.5 Å². The number of aliphatic hydroxyl groups excluding tert-OH is 2. The average molecular weight is 458 g/mol. The largest absolute Gasteiger partial charge is 0.455 e. The predicted octanol–water partition coefficient (Wildman–Crippen LogP) is 1.42. The van der Waals surface area contributed by atoms with E-state index in [1.807, 2.05) is 22.6 Å². The standard InChI is InChI=1S/C16H27IO7/c1-15(2,3)13(20)23-10-9(18)8(7-17)22-12(19)11(10)24-14(21)16(4,5)6/h8-12,18-19H,7H2,1-6H3/t8-,9-,10+,11-,12+/m1/s1. The number of carbonyl (C=O) groups is 2. The SMILES string of the molecule is CC(C)(C)C(=O)O[C@@H]1[C@@H](OC(=O)C(C)(C)C)[C@H](O)[C@@H](CI)O[C@@H]1O. The second-order valence-electron chi connectivity index (χ2n) is 7.95. The van der Waals surface area contributed by atoms with Gasteiger partial charge in [0.2, 0.25) is 0 Å². The normalized spacial score (nSPS) is 31.5. The molecule has 1 rings (SSSR count). The van der Waals surface area contributed by atoms with Gasteiger partial charge in [0, 0.05) is 4.43 Å². The average Bonchev–Trinajstić information content (AvgIpc) is 2.43. The molecular weight excluding hydrogens is 431 g/mol. The first-order valence-electron chi connectivity index (χ1n) is 7.78. The van der Waals surface area contributed by atoms with E-state index in [0.717, 1.165) is 0 Å². The molecule has 1 fully saturated rings. The van der Waals surface area contributed by atoms with Crippen LogP contribution >= 0.6 is 22.6 Å². The van der Waals surface area contributed by atoms with Crippen LogP contribution in [0, 0.1) is 10.8 Å². The van der Waals surface area contributed by atoms with E-state index >= 15 is 0 Å². The van der Waals surface area contributed by atoms with Gasteiger partial charge in [0.25, 0.3) is 0 Å². The zero-order valence-electron chi connectivity index (χ0n) is 14.9. The van der Waals surface area contributed by atoms with Crippen molar-refractivity contribution >= 4 is 34.5 Å². The third kappa shape index (κ3) is 5.27. The minimum atomic E-state index is -1.49. The van der Waals surface area contributed by atoms with Crippen molar-refractivity contribution in [1.82, 2.24) is 0 Å². The van der Waals surface area contributed by atoms with Gasteiger partial charge in [-0.25, -0.2) is 0 Å². The molecule has 0 aromatic heterocycles. The summed E-state index contributed by atoms with van der Waals surface area (Å²) in [4.78, 5) is 24.4. The lowest BCUT2D eigenvalue weighted by molar-refractivity contribution is -0.287. The number of ether oxygens (including phenoxy) is 3. The van der Waals surface area contributed by atoms with Gasteiger partial charge in [-0.05, 0) is 41.5 Å². The highest BCUT2D eigenvalue weighted by Crippen LogP contribution is 2.30. The van der Waals surface area contributed by atoms with Gasteiger partial charge < -0.3 is 24.4 Å². The Kier molecular flexibility index (Phi) is 7.05. The molecule has 24 heavy (non-hydrogen) atoms. The van der Waals surface area contributed by atoms with Crippen LogP contribution in [0.1, 0.15) is 41.5 Å². The summed E-state index contributed by atoms with van der Waals surface area (Å²) in [7, 11) is 0. The van der Waals surface area contributed by atoms with E-state index in [9.17, 15) is 19.8 Å². The van der Waals surface area contributed by atoms with Crippen molar-refractivity contribution in [3.8, 4) is 0 Å². The Bertz CT molecular complexity index is 466. The van der Waals surface area contributed by atoms with Gasteiger partial charge in [0.1, 0.15) is 6.10 Å². The van der Waals surface area contributed by atoms with Gasteiger partial charge >= 0.3 is 11.9 Å². The molecule has 0 unspecified atom stereocenters. The monoisotopic (exact) mass is 458 g/mol. The van der Waals surface area contributed by atoms with E-state index in [-0.39, 0.29) is 0 Å². The van der Waals surface area contributed by atoms with Crippen molar-refractivity contribution < 1.29 is 34.0 Å². The third-order valence-corrected chi connectivity index (χ3v) is 4.37. The Morgan fingerprint density at radius 3 is 1.75 bits per heavy atom. The quantitative estimate of drug-likeness (QED) is 0.375. The molecule has 0 aromatic rings. The van der Waals surface area contributed by atoms with Gasteiger partial charge in [0.05, 0.1) is 16.9 Å². The lowest BCUT2D eigenvalue weighted by atomic mass is 9.94. The first-order chi connectivity index (χ1) is 10.8. The lowest BCUT2D eigenvalue weighted by Gasteiger charge is -2.42. The first kappa shape index (κ1) is 21.6. The Hall–Kier alpha value is -0.450. The van der Waals surface area contributed by atoms with E-state index in [2.05, 4.69) is 0 Å². The van der Waals surface area contributed by atoms with Crippen molar-refractivity contribution in [2.75, 3.05) is 4.43 Å². The number of aliphatic hydroxyl groups is 2. The fourth-order valence-electron chi connectivity index (χ4n) is 1.90. The highest BCUT2D eigenvalue weighted by Gasteiger charge is 2.50. The molecule has 0 spiro atoms. The van der Waals surface area contributed by atoms with Crippen molar-refractivity contribution in [1.29, 1.82) is 0 Å². The van der Waals surface area contributed by atoms with Crippen molar-refractivity contribution in [3.05, 3.63) is 0 Å². The molecule has 1 aliphatic heterocycles. The topological polar surface area (TPSA) is 102 Å². The fraction of sp³-hybridized carbons (Fsp3) is 0.875. The van der Waals surface area contributed by atoms with Crippen LogP contribution in [0.2, 0.25) is 0 Å². The molecule has 140 valence electrons. The molecular formula is C16H27IO7. The second kappa shape index (κ2) is 7.84. The maximum atomic E-state index is 12.2. The summed E-state index contributed by atoms with van der Waals surface area (Å²) in [5, 5.41) is 20.6. The van der Waals surface area contributed by atoms with Crippen molar-refractivity contribution in [2.45, 2.75) is 72.2 Å². The summed E-state index contributed by atoms with van der Waals surface area (Å²) >= 11 is 1.99. The molecule has 2 N–H and O–H groups in total. The zero-order valence-corrected chi connectivity index (χ0v) is 17.1. The number of esters is 2. The van der Waals surface area contributed by atoms with Crippen LogP contribution in [0.25, 0.3) is 0 Å². The van der Waals surface area contributed by atoms with Crippen LogP contribution in [0.4, 0.5) is 0 Å². The first-order valence-corrected chi connectivity index (χ1v) is 9.31. The summed E-state index contributed by atoms with van der Waals surface area (Å²) in [6, 6.07) is 0. The Morgan fingerprint density at radius 2 is 1.38 bits per heavy atom. The van der Waals surface area contributed by atoms with E-state index in [1.165, 1.54) is 0 Å². The fourth-order valence-corrected chi connectivity index (χ4v) is 2.62. The molecule has 0 aliphatic carbocycles. The highest BCUT2D eigenvalue weighted by atomic mass is 127. The van der Waals surface area contributed by atoms with Gasteiger partial charge in [-0.3, -0.25) is 9.59 Å². The van der Waals surface area contributed by atoms with Crippen LogP contribution in [0.15, 0.2) is 0 Å². The summed E-state index contributed by atoms with van der Waals surface area (Å²) < 4.78 is 16.4. The van der Waals surface area contributed by atoms with Gasteiger partial charge in [-0.15, -0.1) is 0 Å². The maximum absolute atomic E-state index is 12.2. The smallest absolute Gasteiger partial charge is 0.311 e. The molecule has 7 nitrogen and oxygen atoms in total. The Labute approximate surface area is 156 Å². The number of hydrogen-bond acceptors (Lipinski definition) is 7. The molecule has 1 heterocycles. The van der Waals surface area contributed by atoms with Crippen LogP contribution < -0.4 is 0 Å². The number of halogens is 1. The number of rotatable bonds is 3. The summed E-state index contributed by atoms with van der Waals surface area (Å²) in [6.45, 7) is 9.99. The highest BCUT2D eigenvalue weighted by molar-refractivity contribution is 14.1. The molecule has 1 saturated heterocycles. The van der Waals surface area contributed by atoms with Crippen molar-refractivity contribution in [3.63, 3.8) is 0 Å². The maximum Gasteiger partial charge on any atom is 0.311 e. The Morgan fingerprint density at radius 1 is 0.958 bits per heavy atom. The molecule has 8 heteroatoms. The van der Waals surface area contributed by atoms with Crippen LogP contribution in [0.3, 0.4) is 0 Å². The molecule has 0 saturated carbocycles. The summed E-state index contributed by atoms with van der Waals surface area (Å²) in [6.07, 6.45) is -5.93. The lowest BCUT2D eigenvalue weighted by Crippen LogP contribution is -2.61. The number of alkyl halides is 1. The second-order valence-corrected chi connectivity index (χ2v) is 8.83. The molecule has 0 radical (unpaired) electrons. The molecule has 0 bridgehead atoms. The molecule has 0 aromatic carbocycles. The minimum absolute atomic E-state index is 0.374. The number of hydrogen-bond donors (Lipinski definition) is 2. The molecule has 0 amide bonds. The predicted molar refractivity (Wildman–Crippen MR) is 94.4 cm³/mol. The van der Waals surface area contributed by atoms with Crippen LogP contribution in [-0.2, 0) is 23.8 Å². The summed E-state index contributed by atoms with van der Waals surface area (Å²) in [5.74, 6) is -1.16. The molecule has 5 atom stereocenters. The summed E-state index contributed by atoms with van der Waals surface area (Å²) in [5.41, 5.74) is -1.62. The number of carbonyl (C=O) groups excluding carboxylic acids is 2. The minimum Gasteiger partial charge on any atom is -0.455 e. The van der Waals surface area contributed by atoms with E-state index < -0.39 is 53.5 Å². The third-order valence-electron chi connectivity index (χ3n) is 3.50. The van der Waals surface area contributed by atoms with E-state index in [0.29, 0.717) is 4.43 Å². The van der Waals surface area contributed by atoms with Crippen molar-refractivity contribution in [2.24, 2.45) is 10.8 Å². The Balaban J connectivity index is 3.06. The van der Waals surface area contributed by atoms with Crippen LogP contribution in [0.5, 0.6) is 0 Å².